The maximum atomic E-state index is 17.4. The van der Waals surface area contributed by atoms with E-state index in [0.29, 0.717) is 67.8 Å². The predicted molar refractivity (Wildman–Crippen MR) is 511 cm³/mol. The molecule has 128 heavy (non-hydrogen) atoms. The highest BCUT2D eigenvalue weighted by Crippen LogP contribution is 2.54. The fourth-order valence-corrected chi connectivity index (χ4v) is 18.2. The van der Waals surface area contributed by atoms with E-state index in [9.17, 15) is 0 Å². The molecule has 0 bridgehead atoms. The van der Waals surface area contributed by atoms with Gasteiger partial charge >= 0.3 is 0 Å². The van der Waals surface area contributed by atoms with Crippen LogP contribution in [0.5, 0.6) is 0 Å². The number of hydrogen-bond acceptors (Lipinski definition) is 4. The number of rotatable bonds is 18. The zero-order valence-corrected chi connectivity index (χ0v) is 68.4. The number of halogens is 8. The van der Waals surface area contributed by atoms with Crippen molar-refractivity contribution in [2.24, 2.45) is 0 Å². The molecule has 0 radical (unpaired) electrons. The Morgan fingerprint density at radius 2 is 0.320 bits per heavy atom. The zero-order valence-electron chi connectivity index (χ0n) is 68.4. The van der Waals surface area contributed by atoms with Crippen molar-refractivity contribution in [3.8, 4) is 66.8 Å². The molecule has 0 N–H and O–H groups in total. The van der Waals surface area contributed by atoms with Gasteiger partial charge in [0, 0.05) is 66.5 Å². The lowest BCUT2D eigenvalue weighted by Gasteiger charge is -2.30. The van der Waals surface area contributed by atoms with Crippen molar-refractivity contribution >= 4 is 133 Å². The minimum atomic E-state index is -0.729. The van der Waals surface area contributed by atoms with Gasteiger partial charge in [-0.15, -0.1) is 0 Å². The highest BCUT2D eigenvalue weighted by atomic mass is 19.2. The second-order valence-electron chi connectivity index (χ2n) is 31.5. The van der Waals surface area contributed by atoms with Gasteiger partial charge in [-0.05, 0) is 209 Å². The van der Waals surface area contributed by atoms with Crippen molar-refractivity contribution in [2.75, 3.05) is 19.6 Å². The summed E-state index contributed by atoms with van der Waals surface area (Å²) >= 11 is 0. The average molecular weight is 1670 g/mol. The molecule has 0 aromatic heterocycles. The fourth-order valence-electron chi connectivity index (χ4n) is 18.2. The van der Waals surface area contributed by atoms with Crippen molar-refractivity contribution in [2.45, 2.75) is 0 Å². The monoisotopic (exact) mass is 1670 g/mol. The van der Waals surface area contributed by atoms with Gasteiger partial charge in [0.1, 0.15) is 46.0 Å². The summed E-state index contributed by atoms with van der Waals surface area (Å²) < 4.78 is 135. The molecule has 0 aliphatic carbocycles. The Hall–Kier alpha value is -16.4. The molecule has 12 heteroatoms. The molecule has 0 atom stereocenters. The first-order valence-electron chi connectivity index (χ1n) is 42.1. The van der Waals surface area contributed by atoms with Crippen molar-refractivity contribution < 1.29 is 35.1 Å². The molecular weight excluding hydrogens is 1600 g/mol. The lowest BCUT2D eigenvalue weighted by Crippen LogP contribution is -2.15. The molecule has 0 saturated carbocycles. The highest BCUT2D eigenvalue weighted by molar-refractivity contribution is 6.30. The van der Waals surface area contributed by atoms with Gasteiger partial charge in [-0.1, -0.05) is 315 Å². The lowest BCUT2D eigenvalue weighted by molar-refractivity contribution is 0.587. The molecule has 22 aromatic rings. The minimum absolute atomic E-state index is 0.206. The van der Waals surface area contributed by atoms with Crippen LogP contribution in [0.1, 0.15) is 0 Å². The van der Waals surface area contributed by atoms with E-state index in [1.165, 1.54) is 48.5 Å². The van der Waals surface area contributed by atoms with Gasteiger partial charge in [0.05, 0.1) is 22.7 Å². The standard InChI is InChI=1S/C64H40F4N2.C52H32F4N2/c65-55-37-35-51(45-17-9-3-10-18-45)61(67)63(55)69(49-29-21-43(22-30-49)41-13-5-1-6-14-41)57-39-27-47-26-34-54-58(40-28-48-25-33-53(57)59(47)60(48)54)70(50-31-23-44(24-32-50)42-15-7-2-8-16-42)64-56(66)38-36-52(62(64)68)46-19-11-4-12-20-46;53-43-29-27-39(33-13-5-1-6-14-33)49(55)51(43)57(37-17-9-3-10-18-37)45-31-23-35-22-26-42-46(32-24-36-21-25-41(45)47(35)48(36)42)58(38-19-11-4-12-20-38)52-44(54)30-28-40(50(52)56)34-15-7-2-8-16-34/h1-40H;1-32H. The third-order valence-electron chi connectivity index (χ3n) is 24.2. The molecule has 0 aliphatic rings. The molecule has 22 aromatic carbocycles. The van der Waals surface area contributed by atoms with Crippen molar-refractivity contribution in [1.29, 1.82) is 0 Å². The summed E-state index contributed by atoms with van der Waals surface area (Å²) in [5, 5.41) is 9.87. The quantitative estimate of drug-likeness (QED) is 0.0627. The first-order valence-corrected chi connectivity index (χ1v) is 42.1. The van der Waals surface area contributed by atoms with E-state index in [0.717, 1.165) is 86.9 Å². The number of anilines is 12. The van der Waals surface area contributed by atoms with E-state index < -0.39 is 46.5 Å². The summed E-state index contributed by atoms with van der Waals surface area (Å²) in [4.78, 5) is 6.61. The minimum Gasteiger partial charge on any atom is -0.305 e. The summed E-state index contributed by atoms with van der Waals surface area (Å²) in [5.41, 5.74) is 11.1. The number of nitrogens with zero attached hydrogens (tertiary/aromatic N) is 4. The molecule has 0 aliphatic heterocycles. The third kappa shape index (κ3) is 14.0. The van der Waals surface area contributed by atoms with Crippen LogP contribution in [0.4, 0.5) is 103 Å². The van der Waals surface area contributed by atoms with Crippen LogP contribution in [0.25, 0.3) is 131 Å². The molecule has 612 valence electrons. The van der Waals surface area contributed by atoms with Gasteiger partial charge in [-0.25, -0.2) is 35.1 Å². The van der Waals surface area contributed by atoms with Gasteiger partial charge in [-0.3, -0.25) is 0 Å². The van der Waals surface area contributed by atoms with E-state index in [1.54, 1.807) is 43.9 Å². The van der Waals surface area contributed by atoms with Gasteiger partial charge in [0.15, 0.2) is 23.3 Å². The smallest absolute Gasteiger partial charge is 0.158 e. The second kappa shape index (κ2) is 33.3. The number of benzene rings is 22. The van der Waals surface area contributed by atoms with Crippen LogP contribution in [0.15, 0.2) is 437 Å². The van der Waals surface area contributed by atoms with Crippen LogP contribution in [0, 0.1) is 46.5 Å². The lowest BCUT2D eigenvalue weighted by atomic mass is 9.91. The van der Waals surface area contributed by atoms with Crippen LogP contribution in [0.2, 0.25) is 0 Å². The molecule has 0 saturated heterocycles. The van der Waals surface area contributed by atoms with E-state index in [4.69, 9.17) is 0 Å². The number of hydrogen-bond donors (Lipinski definition) is 0. The van der Waals surface area contributed by atoms with Gasteiger partial charge in [0.25, 0.3) is 0 Å². The molecule has 0 spiro atoms. The van der Waals surface area contributed by atoms with E-state index in [2.05, 4.69) is 0 Å². The average Bonchev–Trinajstić information content (AvgIpc) is 0.718. The van der Waals surface area contributed by atoms with Crippen LogP contribution in [-0.2, 0) is 0 Å². The maximum absolute atomic E-state index is 17.4. The van der Waals surface area contributed by atoms with E-state index >= 15 is 35.1 Å². The van der Waals surface area contributed by atoms with Crippen LogP contribution >= 0.6 is 0 Å². The molecule has 4 nitrogen and oxygen atoms in total. The van der Waals surface area contributed by atoms with Crippen LogP contribution in [-0.4, -0.2) is 0 Å². The Morgan fingerprint density at radius 3 is 0.539 bits per heavy atom. The molecular formula is C116H72F8N4. The number of para-hydroxylation sites is 2. The maximum Gasteiger partial charge on any atom is 0.158 e. The van der Waals surface area contributed by atoms with E-state index in [-0.39, 0.29) is 45.0 Å². The largest absolute Gasteiger partial charge is 0.305 e. The van der Waals surface area contributed by atoms with Crippen molar-refractivity contribution in [3.05, 3.63) is 483 Å². The zero-order chi connectivity index (χ0) is 86.6. The topological polar surface area (TPSA) is 13.0 Å². The van der Waals surface area contributed by atoms with E-state index in [1.807, 2.05) is 364 Å². The first-order chi connectivity index (χ1) is 62.9. The van der Waals surface area contributed by atoms with Crippen molar-refractivity contribution in [3.63, 3.8) is 0 Å². The predicted octanol–water partition coefficient (Wildman–Crippen LogP) is 34.2. The SMILES string of the molecule is Fc1ccc(-c2ccccc2)c(F)c1N(c1ccc(-c2ccccc2)cc1)c1ccc2ccc3c(N(c4ccc(-c5ccccc5)cc4)c4c(F)ccc(-c5ccccc5)c4F)ccc4ccc1c2c43.Fc1ccc(-c2ccccc2)c(F)c1N(c1ccccc1)c1ccc2ccc3c(N(c4ccccc4)c4c(F)ccc(-c5ccccc5)c4F)ccc4ccc1c2c43. The first kappa shape index (κ1) is 78.8. The molecule has 0 heterocycles. The summed E-state index contributed by atoms with van der Waals surface area (Å²) in [5.74, 6) is -5.68. The Kier molecular flexibility index (Phi) is 20.5. The Labute approximate surface area is 733 Å². The summed E-state index contributed by atoms with van der Waals surface area (Å²) in [6.07, 6.45) is 0. The Bertz CT molecular complexity index is 7410. The normalized spacial score (nSPS) is 11.4. The summed E-state index contributed by atoms with van der Waals surface area (Å²) in [6.45, 7) is 0. The van der Waals surface area contributed by atoms with Gasteiger partial charge in [0.2, 0.25) is 0 Å². The van der Waals surface area contributed by atoms with Gasteiger partial charge in [-0.2, -0.15) is 0 Å². The van der Waals surface area contributed by atoms with Crippen molar-refractivity contribution in [1.82, 2.24) is 0 Å². The Morgan fingerprint density at radius 1 is 0.141 bits per heavy atom. The molecule has 22 rings (SSSR count). The van der Waals surface area contributed by atoms with Crippen LogP contribution < -0.4 is 19.6 Å². The second-order valence-corrected chi connectivity index (χ2v) is 31.5. The summed E-state index contributed by atoms with van der Waals surface area (Å²) in [7, 11) is 0. The molecule has 0 unspecified atom stereocenters. The summed E-state index contributed by atoms with van der Waals surface area (Å²) in [6, 6.07) is 133. The molecule has 0 amide bonds. The van der Waals surface area contributed by atoms with Crippen LogP contribution in [0.3, 0.4) is 0 Å². The third-order valence-corrected chi connectivity index (χ3v) is 24.2. The molecule has 0 fully saturated rings. The highest BCUT2D eigenvalue weighted by Gasteiger charge is 2.33. The van der Waals surface area contributed by atoms with Gasteiger partial charge < -0.3 is 19.6 Å². The fraction of sp³-hybridized carbons (Fsp3) is 0. The Balaban J connectivity index is 0.000000158.